The first kappa shape index (κ1) is 26.4. The summed E-state index contributed by atoms with van der Waals surface area (Å²) in [5.41, 5.74) is 0. The molecule has 6 heavy (non-hydrogen) atoms. The minimum atomic E-state index is 0. The monoisotopic (exact) mass is 288 g/mol. The molecule has 0 aliphatic rings. The minimum Gasteiger partial charge on any atom is -0.181 e. The second-order valence-corrected chi connectivity index (χ2v) is 0. The number of nitrogens with zero attached hydrogens (tertiary/aromatic N) is 2. The third-order valence-corrected chi connectivity index (χ3v) is 0. The molecule has 2 nitrogen and oxygen atoms in total. The van der Waals surface area contributed by atoms with E-state index < -0.39 is 0 Å². The van der Waals surface area contributed by atoms with Crippen molar-refractivity contribution < 1.29 is 73.8 Å². The van der Waals surface area contributed by atoms with Gasteiger partial charge in [-0.3, -0.25) is 0 Å². The van der Waals surface area contributed by atoms with Crippen molar-refractivity contribution in [2.24, 2.45) is 0 Å². The predicted molar refractivity (Wildman–Crippen MR) is 9.94 cm³/mol. The van der Waals surface area contributed by atoms with Crippen molar-refractivity contribution >= 4 is 0 Å². The normalized spacial score (nSPS) is 0.667. The summed E-state index contributed by atoms with van der Waals surface area (Å²) in [7, 11) is 0. The van der Waals surface area contributed by atoms with Gasteiger partial charge in [-0.1, -0.05) is 0 Å². The standard InChI is InChI=1S/2CN.Au.K/c2*1-2;;/q;;;+1. The summed E-state index contributed by atoms with van der Waals surface area (Å²) in [6.07, 6.45) is 0. The summed E-state index contributed by atoms with van der Waals surface area (Å²) >= 11 is 0. The molecule has 0 rings (SSSR count). The summed E-state index contributed by atoms with van der Waals surface area (Å²) in [5.74, 6) is 0. The van der Waals surface area contributed by atoms with Crippen molar-refractivity contribution in [3.05, 3.63) is 13.1 Å². The molecular weight excluding hydrogens is 288 g/mol. The maximum atomic E-state index is 6.25. The van der Waals surface area contributed by atoms with Crippen molar-refractivity contribution in [3.63, 3.8) is 0 Å². The number of hydrogen-bond acceptors (Lipinski definition) is 2. The van der Waals surface area contributed by atoms with E-state index in [0.717, 1.165) is 0 Å². The zero-order chi connectivity index (χ0) is 4.00. The zero-order valence-corrected chi connectivity index (χ0v) is 8.49. The Morgan fingerprint density at radius 1 is 0.833 bits per heavy atom. The third kappa shape index (κ3) is 55.2. The van der Waals surface area contributed by atoms with Crippen LogP contribution in [0.3, 0.4) is 0 Å². The Kier molecular flexibility index (Phi) is 436. The Morgan fingerprint density at radius 2 is 0.833 bits per heavy atom. The van der Waals surface area contributed by atoms with E-state index in [1.165, 1.54) is 0 Å². The SMILES string of the molecule is [Au].[C]#N.[C]#N.[K+]. The van der Waals surface area contributed by atoms with Crippen molar-refractivity contribution in [2.45, 2.75) is 0 Å². The van der Waals surface area contributed by atoms with E-state index in [-0.39, 0.29) is 73.8 Å². The van der Waals surface area contributed by atoms with Crippen LogP contribution >= 0.6 is 0 Å². The predicted octanol–water partition coefficient (Wildman–Crippen LogP) is -2.81. The Balaban J connectivity index is -0.00000000500. The second-order valence-electron chi connectivity index (χ2n) is 0. The van der Waals surface area contributed by atoms with E-state index in [2.05, 4.69) is 0 Å². The Hall–Kier alpha value is 1.36. The quantitative estimate of drug-likeness (QED) is 0.452. The van der Waals surface area contributed by atoms with Crippen LogP contribution in [-0.2, 0) is 22.4 Å². The molecule has 0 aromatic heterocycles. The van der Waals surface area contributed by atoms with Crippen LogP contribution in [0, 0.1) is 23.7 Å². The van der Waals surface area contributed by atoms with E-state index in [1.807, 2.05) is 0 Å². The average Bonchev–Trinajstić information content (AvgIpc) is 1.50. The first-order valence-corrected chi connectivity index (χ1v) is 0.447. The van der Waals surface area contributed by atoms with Crippen LogP contribution < -0.4 is 51.4 Å². The van der Waals surface area contributed by atoms with Gasteiger partial charge in [-0.2, -0.15) is 10.5 Å². The summed E-state index contributed by atoms with van der Waals surface area (Å²) in [4.78, 5) is 0. The van der Waals surface area contributed by atoms with Gasteiger partial charge in [-0.05, 0) is 0 Å². The van der Waals surface area contributed by atoms with Crippen molar-refractivity contribution in [2.75, 3.05) is 0 Å². The van der Waals surface area contributed by atoms with Crippen LogP contribution in [0.5, 0.6) is 0 Å². The third-order valence-electron chi connectivity index (χ3n) is 0. The number of hydrogen-bond donors (Lipinski definition) is 0. The average molecular weight is 288 g/mol. The van der Waals surface area contributed by atoms with Crippen LogP contribution in [0.4, 0.5) is 0 Å². The zero-order valence-electron chi connectivity index (χ0n) is 3.20. The molecule has 0 aromatic carbocycles. The molecule has 0 bridgehead atoms. The van der Waals surface area contributed by atoms with Gasteiger partial charge >= 0.3 is 51.4 Å². The maximum absolute atomic E-state index is 6.25. The first-order valence-electron chi connectivity index (χ1n) is 0.447. The van der Waals surface area contributed by atoms with Gasteiger partial charge in [0.25, 0.3) is 0 Å². The molecule has 0 heterocycles. The Labute approximate surface area is 95.5 Å². The first-order chi connectivity index (χ1) is 2.00. The molecule has 0 aliphatic heterocycles. The van der Waals surface area contributed by atoms with Crippen molar-refractivity contribution in [1.82, 2.24) is 0 Å². The Bertz CT molecular complexity index is 27.0. The van der Waals surface area contributed by atoms with E-state index in [1.54, 1.807) is 0 Å². The van der Waals surface area contributed by atoms with Crippen molar-refractivity contribution in [1.29, 1.82) is 10.5 Å². The fraction of sp³-hybridized carbons (Fsp3) is 0. The van der Waals surface area contributed by atoms with E-state index in [0.29, 0.717) is 0 Å². The molecule has 0 unspecified atom stereocenters. The fourth-order valence-corrected chi connectivity index (χ4v) is 0. The molecule has 0 saturated carbocycles. The summed E-state index contributed by atoms with van der Waals surface area (Å²) < 4.78 is 0. The Morgan fingerprint density at radius 3 is 0.833 bits per heavy atom. The van der Waals surface area contributed by atoms with Crippen LogP contribution in [0.25, 0.3) is 0 Å². The number of rotatable bonds is 0. The van der Waals surface area contributed by atoms with Gasteiger partial charge in [-0.25, -0.2) is 0 Å². The summed E-state index contributed by atoms with van der Waals surface area (Å²) in [6, 6.07) is 0. The van der Waals surface area contributed by atoms with Gasteiger partial charge in [0.1, 0.15) is 0 Å². The van der Waals surface area contributed by atoms with Crippen LogP contribution in [0.2, 0.25) is 0 Å². The minimum absolute atomic E-state index is 0. The molecule has 29 valence electrons. The van der Waals surface area contributed by atoms with E-state index in [4.69, 9.17) is 23.7 Å². The fourth-order valence-electron chi connectivity index (χ4n) is 0. The summed E-state index contributed by atoms with van der Waals surface area (Å²) in [6.45, 7) is 9.50. The molecule has 4 heteroatoms. The molecule has 0 aromatic rings. The van der Waals surface area contributed by atoms with E-state index in [9.17, 15) is 0 Å². The molecule has 3 radical (unpaired) electrons. The molecule has 0 amide bonds. The molecular formula is C2AuKN2+. The smallest absolute Gasteiger partial charge is 0.181 e. The van der Waals surface area contributed by atoms with Gasteiger partial charge in [0.05, 0.1) is 0 Å². The summed E-state index contributed by atoms with van der Waals surface area (Å²) in [5, 5.41) is 12.5. The second kappa shape index (κ2) is 99.1. The largest absolute Gasteiger partial charge is 1.00 e. The van der Waals surface area contributed by atoms with Crippen LogP contribution in [-0.4, -0.2) is 0 Å². The van der Waals surface area contributed by atoms with Gasteiger partial charge < -0.3 is 0 Å². The van der Waals surface area contributed by atoms with Gasteiger partial charge in [0, 0.05) is 22.4 Å². The van der Waals surface area contributed by atoms with Crippen LogP contribution in [0.15, 0.2) is 0 Å². The maximum Gasteiger partial charge on any atom is 1.00 e. The van der Waals surface area contributed by atoms with Gasteiger partial charge in [-0.15, -0.1) is 0 Å². The van der Waals surface area contributed by atoms with Gasteiger partial charge in [0.2, 0.25) is 0 Å². The van der Waals surface area contributed by atoms with Crippen molar-refractivity contribution in [3.8, 4) is 0 Å². The molecule has 0 fully saturated rings. The van der Waals surface area contributed by atoms with E-state index >= 15 is 0 Å². The molecule has 0 saturated heterocycles. The topological polar surface area (TPSA) is 47.6 Å². The van der Waals surface area contributed by atoms with Gasteiger partial charge in [0.15, 0.2) is 13.1 Å². The molecule has 0 N–H and O–H groups in total. The van der Waals surface area contributed by atoms with Crippen LogP contribution in [0.1, 0.15) is 0 Å². The molecule has 0 spiro atoms. The molecule has 0 atom stereocenters. The molecule has 0 aliphatic carbocycles.